The summed E-state index contributed by atoms with van der Waals surface area (Å²) in [5, 5.41) is 17.1. The van der Waals surface area contributed by atoms with Gasteiger partial charge in [0.05, 0.1) is 23.6 Å². The SMILES string of the molecule is CCC(O)c1cn(-c2ccc(Br)c(C(F)(F)F)c2)nn1. The zero-order chi connectivity index (χ0) is 14.9. The summed E-state index contributed by atoms with van der Waals surface area (Å²) in [4.78, 5) is 0. The Bertz CT molecular complexity index is 612. The van der Waals surface area contributed by atoms with Gasteiger partial charge < -0.3 is 5.11 Å². The van der Waals surface area contributed by atoms with E-state index in [9.17, 15) is 18.3 Å². The van der Waals surface area contributed by atoms with Crippen LogP contribution < -0.4 is 0 Å². The van der Waals surface area contributed by atoms with Crippen molar-refractivity contribution < 1.29 is 18.3 Å². The van der Waals surface area contributed by atoms with Crippen LogP contribution in [0.15, 0.2) is 28.9 Å². The van der Waals surface area contributed by atoms with E-state index in [-0.39, 0.29) is 10.2 Å². The number of aliphatic hydroxyl groups excluding tert-OH is 1. The second kappa shape index (κ2) is 5.53. The summed E-state index contributed by atoms with van der Waals surface area (Å²) in [7, 11) is 0. The molecule has 1 N–H and O–H groups in total. The molecule has 0 saturated heterocycles. The van der Waals surface area contributed by atoms with Gasteiger partial charge in [0.1, 0.15) is 5.69 Å². The Kier molecular flexibility index (Phi) is 4.14. The minimum Gasteiger partial charge on any atom is -0.387 e. The normalized spacial score (nSPS) is 13.5. The van der Waals surface area contributed by atoms with Crippen molar-refractivity contribution in [1.82, 2.24) is 15.0 Å². The number of hydrogen-bond acceptors (Lipinski definition) is 3. The van der Waals surface area contributed by atoms with Gasteiger partial charge in [0.15, 0.2) is 0 Å². The second-order valence-corrected chi connectivity index (χ2v) is 5.03. The van der Waals surface area contributed by atoms with Crippen LogP contribution in [0.2, 0.25) is 0 Å². The van der Waals surface area contributed by atoms with Crippen molar-refractivity contribution in [2.24, 2.45) is 0 Å². The molecule has 4 nitrogen and oxygen atoms in total. The van der Waals surface area contributed by atoms with Crippen LogP contribution in [0.3, 0.4) is 0 Å². The van der Waals surface area contributed by atoms with E-state index in [1.165, 1.54) is 23.0 Å². The molecule has 0 aliphatic carbocycles. The van der Waals surface area contributed by atoms with Crippen LogP contribution in [0.4, 0.5) is 13.2 Å². The van der Waals surface area contributed by atoms with Gasteiger partial charge in [-0.1, -0.05) is 28.1 Å². The van der Waals surface area contributed by atoms with Gasteiger partial charge in [-0.25, -0.2) is 4.68 Å². The molecule has 1 atom stereocenters. The standard InChI is InChI=1S/C12H11BrF3N3O/c1-2-11(20)10-6-19(18-17-10)7-3-4-9(13)8(5-7)12(14,15)16/h3-6,11,20H,2H2,1H3. The lowest BCUT2D eigenvalue weighted by Crippen LogP contribution is -2.07. The van der Waals surface area contributed by atoms with Gasteiger partial charge in [0.2, 0.25) is 0 Å². The van der Waals surface area contributed by atoms with E-state index in [0.29, 0.717) is 12.1 Å². The molecule has 1 aromatic carbocycles. The van der Waals surface area contributed by atoms with Crippen LogP contribution in [-0.2, 0) is 6.18 Å². The summed E-state index contributed by atoms with van der Waals surface area (Å²) >= 11 is 2.87. The van der Waals surface area contributed by atoms with Crippen LogP contribution in [0, 0.1) is 0 Å². The van der Waals surface area contributed by atoms with E-state index >= 15 is 0 Å². The van der Waals surface area contributed by atoms with Crippen LogP contribution in [0.25, 0.3) is 5.69 Å². The zero-order valence-corrected chi connectivity index (χ0v) is 12.0. The number of rotatable bonds is 3. The highest BCUT2D eigenvalue weighted by Crippen LogP contribution is 2.35. The summed E-state index contributed by atoms with van der Waals surface area (Å²) in [5.74, 6) is 0. The minimum absolute atomic E-state index is 0.0392. The number of aromatic nitrogens is 3. The molecule has 0 amide bonds. The largest absolute Gasteiger partial charge is 0.417 e. The number of aliphatic hydroxyl groups is 1. The van der Waals surface area contributed by atoms with E-state index in [2.05, 4.69) is 26.2 Å². The van der Waals surface area contributed by atoms with Gasteiger partial charge in [-0.3, -0.25) is 0 Å². The molecule has 0 bridgehead atoms. The predicted octanol–water partition coefficient (Wildman–Crippen LogP) is 3.49. The molecule has 108 valence electrons. The highest BCUT2D eigenvalue weighted by molar-refractivity contribution is 9.10. The second-order valence-electron chi connectivity index (χ2n) is 4.17. The van der Waals surface area contributed by atoms with E-state index < -0.39 is 17.8 Å². The van der Waals surface area contributed by atoms with Crippen LogP contribution in [0.1, 0.15) is 30.7 Å². The average Bonchev–Trinajstić information content (AvgIpc) is 2.86. The molecule has 1 unspecified atom stereocenters. The van der Waals surface area contributed by atoms with Gasteiger partial charge in [-0.2, -0.15) is 13.2 Å². The van der Waals surface area contributed by atoms with Crippen molar-refractivity contribution in [3.05, 3.63) is 40.1 Å². The van der Waals surface area contributed by atoms with Crippen molar-refractivity contribution in [2.75, 3.05) is 0 Å². The molecule has 8 heteroatoms. The highest BCUT2D eigenvalue weighted by atomic mass is 79.9. The van der Waals surface area contributed by atoms with E-state index in [0.717, 1.165) is 6.07 Å². The summed E-state index contributed by atoms with van der Waals surface area (Å²) in [6.07, 6.45) is -3.37. The first kappa shape index (κ1) is 15.0. The lowest BCUT2D eigenvalue weighted by Gasteiger charge is -2.10. The maximum absolute atomic E-state index is 12.8. The lowest BCUT2D eigenvalue weighted by molar-refractivity contribution is -0.138. The van der Waals surface area contributed by atoms with E-state index in [4.69, 9.17) is 0 Å². The molecule has 2 aromatic rings. The Hall–Kier alpha value is -1.41. The summed E-state index contributed by atoms with van der Waals surface area (Å²) < 4.78 is 39.6. The number of alkyl halides is 3. The first-order valence-electron chi connectivity index (χ1n) is 5.80. The van der Waals surface area contributed by atoms with Gasteiger partial charge in [0, 0.05) is 4.47 Å². The van der Waals surface area contributed by atoms with Crippen molar-refractivity contribution in [1.29, 1.82) is 0 Å². The third-order valence-corrected chi connectivity index (χ3v) is 3.45. The molecule has 0 fully saturated rings. The fourth-order valence-corrected chi connectivity index (χ4v) is 2.11. The molecule has 1 heterocycles. The maximum atomic E-state index is 12.8. The average molecular weight is 350 g/mol. The van der Waals surface area contributed by atoms with E-state index in [1.54, 1.807) is 6.92 Å². The Balaban J connectivity index is 2.41. The molecule has 20 heavy (non-hydrogen) atoms. The maximum Gasteiger partial charge on any atom is 0.417 e. The molecule has 0 spiro atoms. The molecule has 0 saturated carbocycles. The first-order valence-corrected chi connectivity index (χ1v) is 6.59. The van der Waals surface area contributed by atoms with E-state index in [1.807, 2.05) is 0 Å². The quantitative estimate of drug-likeness (QED) is 0.922. The van der Waals surface area contributed by atoms with Gasteiger partial charge >= 0.3 is 6.18 Å². The highest BCUT2D eigenvalue weighted by Gasteiger charge is 2.33. The molecule has 0 aliphatic rings. The molecule has 1 aromatic heterocycles. The first-order chi connectivity index (χ1) is 9.32. The smallest absolute Gasteiger partial charge is 0.387 e. The van der Waals surface area contributed by atoms with Crippen molar-refractivity contribution in [2.45, 2.75) is 25.6 Å². The monoisotopic (exact) mass is 349 g/mol. The van der Waals surface area contributed by atoms with Gasteiger partial charge in [-0.15, -0.1) is 5.10 Å². The topological polar surface area (TPSA) is 50.9 Å². The lowest BCUT2D eigenvalue weighted by atomic mass is 10.2. The molecule has 0 aliphatic heterocycles. The number of halogens is 4. The molecular formula is C12H11BrF3N3O. The van der Waals surface area contributed by atoms with Gasteiger partial charge in [-0.05, 0) is 24.6 Å². The molecule has 0 radical (unpaired) electrons. The van der Waals surface area contributed by atoms with Crippen LogP contribution in [0.5, 0.6) is 0 Å². The van der Waals surface area contributed by atoms with Crippen LogP contribution in [-0.4, -0.2) is 20.1 Å². The summed E-state index contributed by atoms with van der Waals surface area (Å²) in [6, 6.07) is 3.76. The molecular weight excluding hydrogens is 339 g/mol. The Morgan fingerprint density at radius 2 is 2.10 bits per heavy atom. The summed E-state index contributed by atoms with van der Waals surface area (Å²) in [6.45, 7) is 1.77. The zero-order valence-electron chi connectivity index (χ0n) is 10.4. The predicted molar refractivity (Wildman–Crippen MR) is 69.3 cm³/mol. The Morgan fingerprint density at radius 3 is 2.70 bits per heavy atom. The fraction of sp³-hybridized carbons (Fsp3) is 0.333. The van der Waals surface area contributed by atoms with Crippen molar-refractivity contribution in [3.63, 3.8) is 0 Å². The van der Waals surface area contributed by atoms with Gasteiger partial charge in [0.25, 0.3) is 0 Å². The molecule has 2 rings (SSSR count). The Labute approximate surface area is 121 Å². The number of benzene rings is 1. The number of nitrogens with zero attached hydrogens (tertiary/aromatic N) is 3. The van der Waals surface area contributed by atoms with Crippen LogP contribution >= 0.6 is 15.9 Å². The summed E-state index contributed by atoms with van der Waals surface area (Å²) in [5.41, 5.74) is -0.241. The third-order valence-electron chi connectivity index (χ3n) is 2.76. The number of hydrogen-bond donors (Lipinski definition) is 1. The van der Waals surface area contributed by atoms with Crippen molar-refractivity contribution in [3.8, 4) is 5.69 Å². The fourth-order valence-electron chi connectivity index (χ4n) is 1.64. The minimum atomic E-state index is -4.46. The Morgan fingerprint density at radius 1 is 1.40 bits per heavy atom. The van der Waals surface area contributed by atoms with Crippen molar-refractivity contribution >= 4 is 15.9 Å². The third kappa shape index (κ3) is 3.01.